The number of fused-ring (bicyclic) bond motifs is 1. The maximum atomic E-state index is 12.1. The molecule has 0 aliphatic heterocycles. The Balaban J connectivity index is 2.05. The van der Waals surface area contributed by atoms with Crippen LogP contribution in [-0.4, -0.2) is 43.5 Å². The quantitative estimate of drug-likeness (QED) is 0.545. The third kappa shape index (κ3) is 3.07. The molecule has 2 rings (SSSR count). The van der Waals surface area contributed by atoms with Crippen molar-refractivity contribution < 1.29 is 17.9 Å². The summed E-state index contributed by atoms with van der Waals surface area (Å²) in [4.78, 5) is 14.9. The third-order valence-corrected chi connectivity index (χ3v) is 4.54. The highest BCUT2D eigenvalue weighted by molar-refractivity contribution is 7.89. The number of carbonyl (C=O) groups excluding carboxylic acids is 1. The second-order valence-electron chi connectivity index (χ2n) is 3.77. The fourth-order valence-corrected chi connectivity index (χ4v) is 3.53. The Bertz CT molecular complexity index is 720. The predicted molar refractivity (Wildman–Crippen MR) is 72.7 cm³/mol. The number of rotatable bonds is 7. The molecule has 9 nitrogen and oxygen atoms in total. The topological polar surface area (TPSA) is 142 Å². The van der Waals surface area contributed by atoms with Gasteiger partial charge in [0.05, 0.1) is 6.61 Å². The third-order valence-electron chi connectivity index (χ3n) is 2.28. The number of nitrogens with one attached hydrogen (secondary N) is 1. The highest BCUT2D eigenvalue weighted by Crippen LogP contribution is 2.22. The molecular weight excluding hydrogens is 306 g/mol. The maximum Gasteiger partial charge on any atom is 0.260 e. The molecule has 0 atom stereocenters. The van der Waals surface area contributed by atoms with Gasteiger partial charge in [-0.3, -0.25) is 9.20 Å². The summed E-state index contributed by atoms with van der Waals surface area (Å²) in [5.41, 5.74) is 10.5. The number of nitrogen functional groups attached to an aromatic ring is 1. The van der Waals surface area contributed by atoms with E-state index in [1.807, 2.05) is 0 Å². The van der Waals surface area contributed by atoms with Gasteiger partial charge in [0.1, 0.15) is 6.61 Å². The summed E-state index contributed by atoms with van der Waals surface area (Å²) in [6.07, 6.45) is 1.57. The Morgan fingerprint density at radius 3 is 3.00 bits per heavy atom. The van der Waals surface area contributed by atoms with E-state index >= 15 is 0 Å². The number of carbonyl (C=O) groups is 1. The molecule has 2 aromatic rings. The van der Waals surface area contributed by atoms with Gasteiger partial charge in [0, 0.05) is 18.1 Å². The molecule has 0 aliphatic carbocycles. The van der Waals surface area contributed by atoms with Gasteiger partial charge in [-0.05, 0) is 0 Å². The molecule has 2 aromatic heterocycles. The van der Waals surface area contributed by atoms with Crippen molar-refractivity contribution in [1.29, 1.82) is 0 Å². The van der Waals surface area contributed by atoms with E-state index < -0.39 is 15.9 Å². The molecule has 0 saturated heterocycles. The molecule has 0 saturated carbocycles. The molecule has 0 radical (unpaired) electrons. The number of nitrogens with two attached hydrogens (primary N) is 2. The van der Waals surface area contributed by atoms with Crippen LogP contribution in [0.3, 0.4) is 0 Å². The van der Waals surface area contributed by atoms with Crippen molar-refractivity contribution in [2.45, 2.75) is 5.03 Å². The lowest BCUT2D eigenvalue weighted by atomic mass is 10.6. The number of thiazole rings is 1. The van der Waals surface area contributed by atoms with E-state index in [0.29, 0.717) is 4.96 Å². The summed E-state index contributed by atoms with van der Waals surface area (Å²) in [5.74, 6) is -0.685. The molecule has 0 bridgehead atoms. The molecule has 0 fully saturated rings. The summed E-state index contributed by atoms with van der Waals surface area (Å²) in [5, 5.41) is 1.60. The fraction of sp³-hybridized carbons (Fsp3) is 0.333. The molecule has 1 amide bonds. The molecule has 11 heteroatoms. The van der Waals surface area contributed by atoms with Gasteiger partial charge >= 0.3 is 0 Å². The van der Waals surface area contributed by atoms with Crippen LogP contribution >= 0.6 is 11.3 Å². The number of anilines is 1. The average molecular weight is 319 g/mol. The van der Waals surface area contributed by atoms with Crippen LogP contribution in [0.25, 0.3) is 4.96 Å². The van der Waals surface area contributed by atoms with Gasteiger partial charge < -0.3 is 16.2 Å². The zero-order chi connectivity index (χ0) is 14.8. The number of sulfonamides is 1. The average Bonchev–Trinajstić information content (AvgIpc) is 2.86. The van der Waals surface area contributed by atoms with Crippen molar-refractivity contribution >= 4 is 38.0 Å². The lowest BCUT2D eigenvalue weighted by Gasteiger charge is -2.06. The molecule has 0 unspecified atom stereocenters. The van der Waals surface area contributed by atoms with E-state index in [2.05, 4.69) is 9.71 Å². The molecule has 110 valence electrons. The minimum absolute atomic E-state index is 0.00752. The molecule has 20 heavy (non-hydrogen) atoms. The smallest absolute Gasteiger partial charge is 0.260 e. The Morgan fingerprint density at radius 1 is 1.55 bits per heavy atom. The molecule has 2 heterocycles. The van der Waals surface area contributed by atoms with Crippen LogP contribution in [0.5, 0.6) is 0 Å². The first-order valence-electron chi connectivity index (χ1n) is 5.48. The number of aromatic nitrogens is 2. The van der Waals surface area contributed by atoms with Crippen molar-refractivity contribution in [3.8, 4) is 0 Å². The first kappa shape index (κ1) is 14.7. The summed E-state index contributed by atoms with van der Waals surface area (Å²) >= 11 is 1.28. The van der Waals surface area contributed by atoms with Crippen molar-refractivity contribution in [2.75, 3.05) is 25.5 Å². The van der Waals surface area contributed by atoms with E-state index in [9.17, 15) is 13.2 Å². The van der Waals surface area contributed by atoms with Gasteiger partial charge in [-0.15, -0.1) is 11.3 Å². The summed E-state index contributed by atoms with van der Waals surface area (Å²) in [6.45, 7) is -0.245. The van der Waals surface area contributed by atoms with Gasteiger partial charge in [-0.25, -0.2) is 18.1 Å². The van der Waals surface area contributed by atoms with Crippen LogP contribution in [0.15, 0.2) is 16.6 Å². The van der Waals surface area contributed by atoms with Crippen LogP contribution in [0.1, 0.15) is 0 Å². The van der Waals surface area contributed by atoms with Crippen LogP contribution < -0.4 is 16.2 Å². The molecule has 0 spiro atoms. The molecular formula is C9H13N5O4S2. The maximum absolute atomic E-state index is 12.1. The second kappa shape index (κ2) is 5.75. The first-order chi connectivity index (χ1) is 9.42. The fourth-order valence-electron chi connectivity index (χ4n) is 1.54. The second-order valence-corrected chi connectivity index (χ2v) is 6.33. The number of amides is 1. The highest BCUT2D eigenvalue weighted by atomic mass is 32.2. The van der Waals surface area contributed by atoms with E-state index in [-0.39, 0.29) is 30.6 Å². The van der Waals surface area contributed by atoms with Crippen molar-refractivity contribution in [1.82, 2.24) is 14.1 Å². The van der Waals surface area contributed by atoms with Crippen molar-refractivity contribution in [3.05, 3.63) is 11.6 Å². The standard InChI is InChI=1S/C9H13N5O4S2/c10-6(15)5-18-3-1-12-20(16,17)8-7(11)13-9-14(8)2-4-19-9/h2,4,12H,1,3,5,11H2,(H2,10,15). The minimum Gasteiger partial charge on any atom is -0.381 e. The SMILES string of the molecule is NC(=O)COCCNS(=O)(=O)c1c(N)nc2sccn12. The number of nitrogens with zero attached hydrogens (tertiary/aromatic N) is 2. The Kier molecular flexibility index (Phi) is 4.23. The number of hydrogen-bond donors (Lipinski definition) is 3. The Morgan fingerprint density at radius 2 is 2.30 bits per heavy atom. The summed E-state index contributed by atoms with van der Waals surface area (Å²) < 4.78 is 32.8. The molecule has 5 N–H and O–H groups in total. The van der Waals surface area contributed by atoms with E-state index in [1.165, 1.54) is 15.7 Å². The van der Waals surface area contributed by atoms with Crippen molar-refractivity contribution in [3.63, 3.8) is 0 Å². The number of ether oxygens (including phenoxy) is 1. The number of imidazole rings is 1. The normalized spacial score (nSPS) is 12.0. The number of primary amides is 1. The van der Waals surface area contributed by atoms with E-state index in [0.717, 1.165) is 0 Å². The Hall–Kier alpha value is -1.69. The van der Waals surface area contributed by atoms with Crippen molar-refractivity contribution in [2.24, 2.45) is 5.73 Å². The Labute approximate surface area is 118 Å². The van der Waals surface area contributed by atoms with Gasteiger partial charge in [0.2, 0.25) is 5.91 Å². The highest BCUT2D eigenvalue weighted by Gasteiger charge is 2.23. The zero-order valence-corrected chi connectivity index (χ0v) is 11.9. The summed E-state index contributed by atoms with van der Waals surface area (Å²) in [7, 11) is -3.81. The first-order valence-corrected chi connectivity index (χ1v) is 7.85. The van der Waals surface area contributed by atoms with Crippen LogP contribution in [-0.2, 0) is 19.6 Å². The van der Waals surface area contributed by atoms with Crippen LogP contribution in [0.2, 0.25) is 0 Å². The number of hydrogen-bond acceptors (Lipinski definition) is 7. The van der Waals surface area contributed by atoms with Crippen LogP contribution in [0, 0.1) is 0 Å². The van der Waals surface area contributed by atoms with Gasteiger partial charge in [0.25, 0.3) is 10.0 Å². The molecule has 0 aromatic carbocycles. The van der Waals surface area contributed by atoms with E-state index in [4.69, 9.17) is 16.2 Å². The largest absolute Gasteiger partial charge is 0.381 e. The minimum atomic E-state index is -3.81. The lowest BCUT2D eigenvalue weighted by molar-refractivity contribution is -0.122. The van der Waals surface area contributed by atoms with Gasteiger partial charge in [-0.1, -0.05) is 0 Å². The summed E-state index contributed by atoms with van der Waals surface area (Å²) in [6, 6.07) is 0. The predicted octanol–water partition coefficient (Wildman–Crippen LogP) is -1.24. The van der Waals surface area contributed by atoms with Gasteiger partial charge in [0.15, 0.2) is 15.8 Å². The van der Waals surface area contributed by atoms with Crippen LogP contribution in [0.4, 0.5) is 5.82 Å². The monoisotopic (exact) mass is 319 g/mol. The van der Waals surface area contributed by atoms with E-state index in [1.54, 1.807) is 11.6 Å². The van der Waals surface area contributed by atoms with Gasteiger partial charge in [-0.2, -0.15) is 0 Å². The molecule has 0 aliphatic rings. The lowest BCUT2D eigenvalue weighted by Crippen LogP contribution is -2.30. The zero-order valence-electron chi connectivity index (χ0n) is 10.3.